The zero-order chi connectivity index (χ0) is 20.8. The molecule has 30 heavy (non-hydrogen) atoms. The molecule has 5 nitrogen and oxygen atoms in total. The van der Waals surface area contributed by atoms with E-state index in [0.29, 0.717) is 17.5 Å². The lowest BCUT2D eigenvalue weighted by atomic mass is 10.1. The molecule has 4 rings (SSSR count). The number of nitrogens with one attached hydrogen (secondary N) is 1. The van der Waals surface area contributed by atoms with Crippen molar-refractivity contribution < 1.29 is 9.21 Å². The molecule has 0 saturated carbocycles. The molecule has 0 aliphatic heterocycles. The van der Waals surface area contributed by atoms with Crippen LogP contribution in [0.3, 0.4) is 0 Å². The molecule has 0 aliphatic rings. The largest absolute Gasteiger partial charge is 0.416 e. The van der Waals surface area contributed by atoms with E-state index in [1.807, 2.05) is 73.7 Å². The van der Waals surface area contributed by atoms with Crippen molar-refractivity contribution in [3.05, 3.63) is 90.0 Å². The van der Waals surface area contributed by atoms with Crippen LogP contribution in [-0.2, 0) is 10.5 Å². The molecule has 3 aromatic carbocycles. The molecule has 0 bridgehead atoms. The fraction of sp³-hybridized carbons (Fsp3) is 0.125. The summed E-state index contributed by atoms with van der Waals surface area (Å²) >= 11 is 1.59. The molecule has 0 spiro atoms. The van der Waals surface area contributed by atoms with Gasteiger partial charge < -0.3 is 9.73 Å². The van der Waals surface area contributed by atoms with Gasteiger partial charge in [-0.2, -0.15) is 0 Å². The maximum atomic E-state index is 12.2. The first kappa shape index (κ1) is 19.9. The summed E-state index contributed by atoms with van der Waals surface area (Å²) in [6.45, 7) is 2.02. The van der Waals surface area contributed by atoms with Crippen molar-refractivity contribution >= 4 is 23.4 Å². The second kappa shape index (κ2) is 9.41. The van der Waals surface area contributed by atoms with Gasteiger partial charge in [0.15, 0.2) is 0 Å². The highest BCUT2D eigenvalue weighted by Crippen LogP contribution is 2.25. The summed E-state index contributed by atoms with van der Waals surface area (Å²) in [7, 11) is 0. The van der Waals surface area contributed by atoms with Crippen LogP contribution in [0.25, 0.3) is 22.9 Å². The van der Waals surface area contributed by atoms with Crippen molar-refractivity contribution in [3.8, 4) is 22.9 Å². The lowest BCUT2D eigenvalue weighted by molar-refractivity contribution is -0.113. The van der Waals surface area contributed by atoms with Crippen LogP contribution >= 0.6 is 11.8 Å². The van der Waals surface area contributed by atoms with Gasteiger partial charge in [-0.05, 0) is 48.9 Å². The molecular formula is C24H21N3O2S. The molecule has 150 valence electrons. The van der Waals surface area contributed by atoms with E-state index in [-0.39, 0.29) is 5.91 Å². The van der Waals surface area contributed by atoms with Crippen LogP contribution in [0, 0.1) is 6.92 Å². The van der Waals surface area contributed by atoms with E-state index in [1.54, 1.807) is 11.8 Å². The van der Waals surface area contributed by atoms with Gasteiger partial charge in [0.25, 0.3) is 0 Å². The molecule has 1 amide bonds. The Morgan fingerprint density at radius 1 is 0.900 bits per heavy atom. The number of rotatable bonds is 7. The molecule has 6 heteroatoms. The van der Waals surface area contributed by atoms with E-state index in [2.05, 4.69) is 27.6 Å². The second-order valence-electron chi connectivity index (χ2n) is 6.89. The number of nitrogens with zero attached hydrogens (tertiary/aromatic N) is 2. The van der Waals surface area contributed by atoms with E-state index < -0.39 is 0 Å². The number of aryl methyl sites for hydroxylation is 1. The maximum absolute atomic E-state index is 12.2. The molecule has 1 aromatic heterocycles. The number of hydrogen-bond donors (Lipinski definition) is 1. The number of thioether (sulfide) groups is 1. The third-order valence-corrected chi connectivity index (χ3v) is 5.45. The fourth-order valence-corrected chi connectivity index (χ4v) is 3.75. The Balaban J connectivity index is 1.33. The van der Waals surface area contributed by atoms with Crippen molar-refractivity contribution in [1.82, 2.24) is 10.2 Å². The summed E-state index contributed by atoms with van der Waals surface area (Å²) in [5, 5.41) is 11.2. The van der Waals surface area contributed by atoms with Crippen molar-refractivity contribution in [1.29, 1.82) is 0 Å². The van der Waals surface area contributed by atoms with Crippen LogP contribution in [0.5, 0.6) is 0 Å². The lowest BCUT2D eigenvalue weighted by Gasteiger charge is -2.06. The first-order valence-corrected chi connectivity index (χ1v) is 10.8. The van der Waals surface area contributed by atoms with Gasteiger partial charge in [0.05, 0.1) is 5.75 Å². The van der Waals surface area contributed by atoms with Crippen LogP contribution < -0.4 is 5.32 Å². The maximum Gasteiger partial charge on any atom is 0.248 e. The number of amides is 1. The van der Waals surface area contributed by atoms with E-state index in [1.165, 1.54) is 5.56 Å². The molecule has 0 saturated heterocycles. The van der Waals surface area contributed by atoms with Gasteiger partial charge in [-0.1, -0.05) is 48.0 Å². The quantitative estimate of drug-likeness (QED) is 0.426. The Bertz CT molecular complexity index is 1120. The van der Waals surface area contributed by atoms with Crippen LogP contribution in [0.4, 0.5) is 5.69 Å². The predicted octanol–water partition coefficient (Wildman–Crippen LogP) is 5.58. The van der Waals surface area contributed by atoms with Gasteiger partial charge >= 0.3 is 0 Å². The number of hydrogen-bond acceptors (Lipinski definition) is 5. The molecular weight excluding hydrogens is 394 g/mol. The van der Waals surface area contributed by atoms with Crippen LogP contribution in [0.1, 0.15) is 11.1 Å². The van der Waals surface area contributed by atoms with Crippen molar-refractivity contribution in [2.45, 2.75) is 12.7 Å². The molecule has 0 fully saturated rings. The first-order valence-electron chi connectivity index (χ1n) is 9.60. The number of carbonyl (C=O) groups excluding carboxylic acids is 1. The molecule has 0 aliphatic carbocycles. The van der Waals surface area contributed by atoms with E-state index in [4.69, 9.17) is 4.42 Å². The van der Waals surface area contributed by atoms with Crippen molar-refractivity contribution in [2.24, 2.45) is 0 Å². The molecule has 4 aromatic rings. The fourth-order valence-electron chi connectivity index (χ4n) is 2.96. The van der Waals surface area contributed by atoms with Gasteiger partial charge in [-0.25, -0.2) is 0 Å². The summed E-state index contributed by atoms with van der Waals surface area (Å²) in [4.78, 5) is 12.2. The SMILES string of the molecule is Cc1cccc(-c2nnc(-c3ccc(NC(=O)CSCc4ccccc4)cc3)o2)c1. The topological polar surface area (TPSA) is 68.0 Å². The van der Waals surface area contributed by atoms with Crippen LogP contribution in [0.15, 0.2) is 83.3 Å². The highest BCUT2D eigenvalue weighted by molar-refractivity contribution is 7.99. The summed E-state index contributed by atoms with van der Waals surface area (Å²) in [5.74, 6) is 2.13. The first-order chi connectivity index (χ1) is 14.7. The zero-order valence-electron chi connectivity index (χ0n) is 16.5. The Morgan fingerprint density at radius 3 is 2.37 bits per heavy atom. The van der Waals surface area contributed by atoms with Crippen LogP contribution in [0.2, 0.25) is 0 Å². The lowest BCUT2D eigenvalue weighted by Crippen LogP contribution is -2.14. The Morgan fingerprint density at radius 2 is 1.63 bits per heavy atom. The van der Waals surface area contributed by atoms with E-state index in [9.17, 15) is 4.79 Å². The summed E-state index contributed by atoms with van der Waals surface area (Å²) in [6, 6.07) is 25.5. The molecule has 1 heterocycles. The third-order valence-electron chi connectivity index (χ3n) is 4.45. The highest BCUT2D eigenvalue weighted by atomic mass is 32.2. The average Bonchev–Trinajstić information content (AvgIpc) is 3.25. The van der Waals surface area contributed by atoms with Crippen LogP contribution in [-0.4, -0.2) is 21.9 Å². The summed E-state index contributed by atoms with van der Waals surface area (Å²) in [6.07, 6.45) is 0. The Labute approximate surface area is 179 Å². The number of benzene rings is 3. The van der Waals surface area contributed by atoms with E-state index >= 15 is 0 Å². The molecule has 1 N–H and O–H groups in total. The summed E-state index contributed by atoms with van der Waals surface area (Å²) < 4.78 is 5.81. The minimum atomic E-state index is -0.0248. The highest BCUT2D eigenvalue weighted by Gasteiger charge is 2.11. The monoisotopic (exact) mass is 415 g/mol. The average molecular weight is 416 g/mol. The molecule has 0 atom stereocenters. The third kappa shape index (κ3) is 5.15. The van der Waals surface area contributed by atoms with Gasteiger partial charge in [0, 0.05) is 22.6 Å². The Kier molecular flexibility index (Phi) is 6.25. The van der Waals surface area contributed by atoms with Gasteiger partial charge in [-0.3, -0.25) is 4.79 Å². The zero-order valence-corrected chi connectivity index (χ0v) is 17.4. The summed E-state index contributed by atoms with van der Waals surface area (Å²) in [5.41, 5.74) is 4.78. The minimum Gasteiger partial charge on any atom is -0.416 e. The van der Waals surface area contributed by atoms with Gasteiger partial charge in [-0.15, -0.1) is 22.0 Å². The number of anilines is 1. The van der Waals surface area contributed by atoms with Gasteiger partial charge in [0.1, 0.15) is 0 Å². The minimum absolute atomic E-state index is 0.0248. The second-order valence-corrected chi connectivity index (χ2v) is 7.87. The van der Waals surface area contributed by atoms with E-state index in [0.717, 1.165) is 28.1 Å². The number of aromatic nitrogens is 2. The smallest absolute Gasteiger partial charge is 0.248 e. The van der Waals surface area contributed by atoms with Crippen molar-refractivity contribution in [2.75, 3.05) is 11.1 Å². The standard InChI is InChI=1S/C24H21N3O2S/c1-17-6-5-9-20(14-17)24-27-26-23(29-24)19-10-12-21(13-11-19)25-22(28)16-30-15-18-7-3-2-4-8-18/h2-14H,15-16H2,1H3,(H,25,28). The predicted molar refractivity (Wildman–Crippen MR) is 121 cm³/mol. The Hall–Kier alpha value is -3.38. The molecule has 0 radical (unpaired) electrons. The van der Waals surface area contributed by atoms with Crippen molar-refractivity contribution in [3.63, 3.8) is 0 Å². The normalized spacial score (nSPS) is 10.7. The molecule has 0 unspecified atom stereocenters. The number of carbonyl (C=O) groups is 1. The van der Waals surface area contributed by atoms with Gasteiger partial charge in [0.2, 0.25) is 17.7 Å².